The molecule has 0 bridgehead atoms. The van der Waals surface area contributed by atoms with E-state index in [9.17, 15) is 4.79 Å². The zero-order chi connectivity index (χ0) is 13.4. The molecule has 0 spiro atoms. The molecular formula is C9H16N2O6. The Labute approximate surface area is 97.8 Å². The molecule has 17 heavy (non-hydrogen) atoms. The Balaban J connectivity index is 0.000000366. The standard InChI is InChI=1S/C7H14N2O2.C2H2O4/c1-6(10)7(11)9-4-2-8-3-5-9;3-1(4)2(5)6/h6,8,10H,2-5H2,1H3;(H,3,4)(H,5,6). The maximum atomic E-state index is 11.1. The van der Waals surface area contributed by atoms with E-state index >= 15 is 0 Å². The van der Waals surface area contributed by atoms with Crippen LogP contribution < -0.4 is 5.32 Å². The van der Waals surface area contributed by atoms with Gasteiger partial charge in [-0.3, -0.25) is 4.79 Å². The predicted octanol–water partition coefficient (Wildman–Crippen LogP) is -2.05. The Morgan fingerprint density at radius 2 is 1.53 bits per heavy atom. The van der Waals surface area contributed by atoms with E-state index in [1.165, 1.54) is 6.92 Å². The number of carbonyl (C=O) groups is 3. The summed E-state index contributed by atoms with van der Waals surface area (Å²) in [5, 5.41) is 26.9. The Morgan fingerprint density at radius 3 is 1.82 bits per heavy atom. The molecule has 1 aliphatic heterocycles. The summed E-state index contributed by atoms with van der Waals surface area (Å²) >= 11 is 0. The van der Waals surface area contributed by atoms with E-state index in [1.54, 1.807) is 4.90 Å². The highest BCUT2D eigenvalue weighted by Gasteiger charge is 2.19. The first kappa shape index (κ1) is 15.3. The van der Waals surface area contributed by atoms with Crippen LogP contribution in [0, 0.1) is 0 Å². The number of carboxylic acids is 2. The zero-order valence-corrected chi connectivity index (χ0v) is 9.42. The van der Waals surface area contributed by atoms with Gasteiger partial charge in [0.15, 0.2) is 0 Å². The number of piperazine rings is 1. The van der Waals surface area contributed by atoms with Crippen molar-refractivity contribution in [2.75, 3.05) is 26.2 Å². The number of carbonyl (C=O) groups excluding carboxylic acids is 1. The van der Waals surface area contributed by atoms with Crippen molar-refractivity contribution < 1.29 is 29.7 Å². The average molecular weight is 248 g/mol. The molecule has 1 amide bonds. The largest absolute Gasteiger partial charge is 0.473 e. The molecule has 1 fully saturated rings. The molecule has 1 aliphatic rings. The Morgan fingerprint density at radius 1 is 1.12 bits per heavy atom. The first-order chi connectivity index (χ1) is 7.86. The number of aliphatic carboxylic acids is 2. The van der Waals surface area contributed by atoms with Crippen LogP contribution in [0.2, 0.25) is 0 Å². The average Bonchev–Trinajstić information content (AvgIpc) is 2.29. The minimum Gasteiger partial charge on any atom is -0.473 e. The summed E-state index contributed by atoms with van der Waals surface area (Å²) in [5.74, 6) is -3.81. The van der Waals surface area contributed by atoms with Crippen LogP contribution in [-0.4, -0.2) is 70.3 Å². The third kappa shape index (κ3) is 6.48. The number of aliphatic hydroxyl groups is 1. The second-order valence-corrected chi connectivity index (χ2v) is 3.36. The molecule has 8 heteroatoms. The van der Waals surface area contributed by atoms with Gasteiger partial charge in [0.05, 0.1) is 0 Å². The lowest BCUT2D eigenvalue weighted by Gasteiger charge is -2.28. The quantitative estimate of drug-likeness (QED) is 0.393. The summed E-state index contributed by atoms with van der Waals surface area (Å²) in [7, 11) is 0. The van der Waals surface area contributed by atoms with Crippen molar-refractivity contribution in [1.29, 1.82) is 0 Å². The van der Waals surface area contributed by atoms with Crippen molar-refractivity contribution in [3.63, 3.8) is 0 Å². The highest BCUT2D eigenvalue weighted by Crippen LogP contribution is 1.96. The SMILES string of the molecule is CC(O)C(=O)N1CCNCC1.O=C(O)C(=O)O. The van der Waals surface area contributed by atoms with Gasteiger partial charge in [-0.15, -0.1) is 0 Å². The smallest absolute Gasteiger partial charge is 0.414 e. The van der Waals surface area contributed by atoms with Crippen molar-refractivity contribution in [3.05, 3.63) is 0 Å². The van der Waals surface area contributed by atoms with Gasteiger partial charge in [-0.2, -0.15) is 0 Å². The van der Waals surface area contributed by atoms with Crippen molar-refractivity contribution in [2.24, 2.45) is 0 Å². The molecule has 0 saturated carbocycles. The van der Waals surface area contributed by atoms with Crippen LogP contribution in [0.1, 0.15) is 6.92 Å². The van der Waals surface area contributed by atoms with Gasteiger partial charge >= 0.3 is 11.9 Å². The molecule has 98 valence electrons. The molecular weight excluding hydrogens is 232 g/mol. The normalized spacial score (nSPS) is 16.5. The molecule has 1 heterocycles. The van der Waals surface area contributed by atoms with Crippen LogP contribution in [0.25, 0.3) is 0 Å². The first-order valence-electron chi connectivity index (χ1n) is 5.00. The number of nitrogens with zero attached hydrogens (tertiary/aromatic N) is 1. The maximum absolute atomic E-state index is 11.1. The van der Waals surface area contributed by atoms with Crippen molar-refractivity contribution in [2.45, 2.75) is 13.0 Å². The van der Waals surface area contributed by atoms with Crippen LogP contribution in [0.5, 0.6) is 0 Å². The number of amides is 1. The van der Waals surface area contributed by atoms with Crippen molar-refractivity contribution in [3.8, 4) is 0 Å². The molecule has 0 aromatic heterocycles. The number of nitrogens with one attached hydrogen (secondary N) is 1. The molecule has 4 N–H and O–H groups in total. The van der Waals surface area contributed by atoms with E-state index in [4.69, 9.17) is 24.9 Å². The summed E-state index contributed by atoms with van der Waals surface area (Å²) < 4.78 is 0. The van der Waals surface area contributed by atoms with Gasteiger partial charge in [-0.1, -0.05) is 0 Å². The Bertz CT molecular complexity index is 273. The van der Waals surface area contributed by atoms with Crippen LogP contribution in [0.3, 0.4) is 0 Å². The van der Waals surface area contributed by atoms with Gasteiger partial charge in [-0.05, 0) is 6.92 Å². The lowest BCUT2D eigenvalue weighted by molar-refractivity contribution is -0.159. The second kappa shape index (κ2) is 7.58. The Hall–Kier alpha value is -1.67. The van der Waals surface area contributed by atoms with Gasteiger partial charge in [0.2, 0.25) is 0 Å². The molecule has 1 rings (SSSR count). The highest BCUT2D eigenvalue weighted by atomic mass is 16.4. The number of hydrogen-bond donors (Lipinski definition) is 4. The Kier molecular flexibility index (Phi) is 6.83. The monoisotopic (exact) mass is 248 g/mol. The summed E-state index contributed by atoms with van der Waals surface area (Å²) in [6.07, 6.45) is -0.854. The summed E-state index contributed by atoms with van der Waals surface area (Å²) in [4.78, 5) is 31.0. The topological polar surface area (TPSA) is 127 Å². The van der Waals surface area contributed by atoms with Crippen LogP contribution in [0.15, 0.2) is 0 Å². The molecule has 0 aromatic rings. The fourth-order valence-electron chi connectivity index (χ4n) is 1.15. The van der Waals surface area contributed by atoms with E-state index in [0.29, 0.717) is 13.1 Å². The van der Waals surface area contributed by atoms with Crippen LogP contribution in [0.4, 0.5) is 0 Å². The van der Waals surface area contributed by atoms with Gasteiger partial charge in [0, 0.05) is 26.2 Å². The molecule has 8 nitrogen and oxygen atoms in total. The van der Waals surface area contributed by atoms with Gasteiger partial charge in [0.1, 0.15) is 6.10 Å². The van der Waals surface area contributed by atoms with E-state index < -0.39 is 18.0 Å². The first-order valence-corrected chi connectivity index (χ1v) is 5.00. The lowest BCUT2D eigenvalue weighted by Crippen LogP contribution is -2.49. The summed E-state index contributed by atoms with van der Waals surface area (Å²) in [6.45, 7) is 4.59. The molecule has 1 saturated heterocycles. The van der Waals surface area contributed by atoms with E-state index in [2.05, 4.69) is 5.32 Å². The summed E-state index contributed by atoms with van der Waals surface area (Å²) in [5.41, 5.74) is 0. The molecule has 0 aliphatic carbocycles. The van der Waals surface area contributed by atoms with E-state index in [-0.39, 0.29) is 5.91 Å². The lowest BCUT2D eigenvalue weighted by atomic mass is 10.3. The van der Waals surface area contributed by atoms with E-state index in [1.807, 2.05) is 0 Å². The number of hydrogen-bond acceptors (Lipinski definition) is 5. The minimum atomic E-state index is -1.82. The number of aliphatic hydroxyl groups excluding tert-OH is 1. The van der Waals surface area contributed by atoms with Crippen molar-refractivity contribution in [1.82, 2.24) is 10.2 Å². The van der Waals surface area contributed by atoms with Crippen molar-refractivity contribution >= 4 is 17.8 Å². The molecule has 1 atom stereocenters. The summed E-state index contributed by atoms with van der Waals surface area (Å²) in [6, 6.07) is 0. The number of carboxylic acid groups (broad SMARTS) is 2. The van der Waals surface area contributed by atoms with Gasteiger partial charge in [0.25, 0.3) is 5.91 Å². The predicted molar refractivity (Wildman–Crippen MR) is 56.4 cm³/mol. The van der Waals surface area contributed by atoms with Gasteiger partial charge in [-0.25, -0.2) is 9.59 Å². The third-order valence-corrected chi connectivity index (χ3v) is 1.97. The van der Waals surface area contributed by atoms with Crippen LogP contribution >= 0.6 is 0 Å². The fourth-order valence-corrected chi connectivity index (χ4v) is 1.15. The van der Waals surface area contributed by atoms with Crippen LogP contribution in [-0.2, 0) is 14.4 Å². The molecule has 0 aromatic carbocycles. The minimum absolute atomic E-state index is 0.161. The highest BCUT2D eigenvalue weighted by molar-refractivity contribution is 6.27. The second-order valence-electron chi connectivity index (χ2n) is 3.36. The fraction of sp³-hybridized carbons (Fsp3) is 0.667. The maximum Gasteiger partial charge on any atom is 0.414 e. The third-order valence-electron chi connectivity index (χ3n) is 1.97. The number of rotatable bonds is 1. The molecule has 1 unspecified atom stereocenters. The van der Waals surface area contributed by atoms with Gasteiger partial charge < -0.3 is 25.5 Å². The zero-order valence-electron chi connectivity index (χ0n) is 9.42. The molecule has 0 radical (unpaired) electrons. The van der Waals surface area contributed by atoms with E-state index in [0.717, 1.165) is 13.1 Å².